The van der Waals surface area contributed by atoms with Crippen LogP contribution >= 0.6 is 11.6 Å². The Hall–Kier alpha value is -3.24. The molecule has 0 radical (unpaired) electrons. The smallest absolute Gasteiger partial charge is 0.278 e. The maximum Gasteiger partial charge on any atom is 0.278 e. The number of nitrogens with zero attached hydrogens (tertiary/aromatic N) is 3. The summed E-state index contributed by atoms with van der Waals surface area (Å²) in [6, 6.07) is 20.9. The van der Waals surface area contributed by atoms with Crippen molar-refractivity contribution in [3.05, 3.63) is 107 Å². The van der Waals surface area contributed by atoms with Gasteiger partial charge in [0, 0.05) is 23.0 Å². The third-order valence-corrected chi connectivity index (χ3v) is 4.49. The minimum absolute atomic E-state index is 0.124. The second-order valence-corrected chi connectivity index (χ2v) is 6.57. The van der Waals surface area contributed by atoms with E-state index in [4.69, 9.17) is 11.6 Å². The normalized spacial score (nSPS) is 15.3. The minimum atomic E-state index is -0.124. The Morgan fingerprint density at radius 2 is 1.63 bits per heavy atom. The molecule has 1 amide bonds. The van der Waals surface area contributed by atoms with Gasteiger partial charge in [-0.2, -0.15) is 0 Å². The Morgan fingerprint density at radius 3 is 2.33 bits per heavy atom. The highest BCUT2D eigenvalue weighted by Crippen LogP contribution is 2.24. The molecule has 1 aromatic heterocycles. The summed E-state index contributed by atoms with van der Waals surface area (Å²) in [4.78, 5) is 23.4. The molecule has 5 heteroatoms. The lowest BCUT2D eigenvalue weighted by Gasteiger charge is -2.18. The van der Waals surface area contributed by atoms with Gasteiger partial charge in [0.1, 0.15) is 11.5 Å². The van der Waals surface area contributed by atoms with Crippen molar-refractivity contribution in [2.45, 2.75) is 6.54 Å². The Balaban J connectivity index is 1.72. The maximum absolute atomic E-state index is 13.1. The van der Waals surface area contributed by atoms with E-state index in [1.807, 2.05) is 54.6 Å². The standard InChI is InChI=1S/C22H16ClN3O/c23-19-8-6-16(7-9-19)14-20-22(27)26(15-17-10-12-24-13-11-17)21(25-20)18-4-2-1-3-5-18/h1-14H,15H2/b20-14+. The lowest BCUT2D eigenvalue weighted by atomic mass is 10.1. The van der Waals surface area contributed by atoms with Crippen molar-refractivity contribution in [3.63, 3.8) is 0 Å². The van der Waals surface area contributed by atoms with Gasteiger partial charge in [0.2, 0.25) is 0 Å². The molecule has 3 aromatic rings. The molecule has 1 aliphatic rings. The molecular formula is C22H16ClN3O. The van der Waals surface area contributed by atoms with Gasteiger partial charge in [0.15, 0.2) is 0 Å². The number of halogens is 1. The van der Waals surface area contributed by atoms with Gasteiger partial charge in [-0.25, -0.2) is 4.99 Å². The van der Waals surface area contributed by atoms with Crippen molar-refractivity contribution < 1.29 is 4.79 Å². The molecule has 0 fully saturated rings. The van der Waals surface area contributed by atoms with Crippen LogP contribution in [0.3, 0.4) is 0 Å². The van der Waals surface area contributed by atoms with Crippen LogP contribution < -0.4 is 0 Å². The number of carbonyl (C=O) groups is 1. The van der Waals surface area contributed by atoms with Gasteiger partial charge in [-0.15, -0.1) is 0 Å². The van der Waals surface area contributed by atoms with E-state index < -0.39 is 0 Å². The van der Waals surface area contributed by atoms with E-state index in [0.717, 1.165) is 16.7 Å². The summed E-state index contributed by atoms with van der Waals surface area (Å²) in [5, 5.41) is 0.655. The summed E-state index contributed by atoms with van der Waals surface area (Å²) in [6.07, 6.45) is 5.23. The zero-order chi connectivity index (χ0) is 18.6. The van der Waals surface area contributed by atoms with Crippen molar-refractivity contribution in [2.24, 2.45) is 4.99 Å². The lowest BCUT2D eigenvalue weighted by molar-refractivity contribution is -0.123. The highest BCUT2D eigenvalue weighted by molar-refractivity contribution is 6.30. The van der Waals surface area contributed by atoms with Crippen molar-refractivity contribution in [1.29, 1.82) is 0 Å². The highest BCUT2D eigenvalue weighted by Gasteiger charge is 2.31. The van der Waals surface area contributed by atoms with E-state index in [1.165, 1.54) is 0 Å². The zero-order valence-corrected chi connectivity index (χ0v) is 15.2. The number of carbonyl (C=O) groups excluding carboxylic acids is 1. The van der Waals surface area contributed by atoms with Gasteiger partial charge in [-0.3, -0.25) is 14.7 Å². The summed E-state index contributed by atoms with van der Waals surface area (Å²) in [6.45, 7) is 0.438. The maximum atomic E-state index is 13.1. The third kappa shape index (κ3) is 3.81. The van der Waals surface area contributed by atoms with E-state index in [9.17, 15) is 4.79 Å². The predicted molar refractivity (Wildman–Crippen MR) is 107 cm³/mol. The molecule has 0 N–H and O–H groups in total. The van der Waals surface area contributed by atoms with Gasteiger partial charge in [-0.05, 0) is 41.5 Å². The van der Waals surface area contributed by atoms with Crippen LogP contribution in [0.25, 0.3) is 6.08 Å². The Bertz CT molecular complexity index is 1010. The molecule has 27 heavy (non-hydrogen) atoms. The van der Waals surface area contributed by atoms with Gasteiger partial charge < -0.3 is 0 Å². The molecule has 0 atom stereocenters. The van der Waals surface area contributed by atoms with E-state index in [0.29, 0.717) is 23.1 Å². The number of hydrogen-bond donors (Lipinski definition) is 0. The van der Waals surface area contributed by atoms with Crippen molar-refractivity contribution >= 4 is 29.4 Å². The summed E-state index contributed by atoms with van der Waals surface area (Å²) in [5.74, 6) is 0.526. The topological polar surface area (TPSA) is 45.6 Å². The average Bonchev–Trinajstić information content (AvgIpc) is 3.01. The number of aliphatic imine (C=N–C) groups is 1. The van der Waals surface area contributed by atoms with Gasteiger partial charge in [0.25, 0.3) is 5.91 Å². The fourth-order valence-corrected chi connectivity index (χ4v) is 3.02. The second-order valence-electron chi connectivity index (χ2n) is 6.13. The first kappa shape index (κ1) is 17.2. The van der Waals surface area contributed by atoms with Crippen molar-refractivity contribution in [3.8, 4) is 0 Å². The van der Waals surface area contributed by atoms with E-state index in [2.05, 4.69) is 9.98 Å². The average molecular weight is 374 g/mol. The SMILES string of the molecule is O=C1/C(=C\c2ccc(Cl)cc2)N=C(c2ccccc2)N1Cc1ccncc1. The Morgan fingerprint density at radius 1 is 0.926 bits per heavy atom. The van der Waals surface area contributed by atoms with Crippen LogP contribution in [0.4, 0.5) is 0 Å². The summed E-state index contributed by atoms with van der Waals surface area (Å²) in [5.41, 5.74) is 3.18. The van der Waals surface area contributed by atoms with Crippen LogP contribution in [0.2, 0.25) is 5.02 Å². The molecule has 0 bridgehead atoms. The largest absolute Gasteiger partial charge is 0.286 e. The van der Waals surface area contributed by atoms with Crippen LogP contribution in [0.1, 0.15) is 16.7 Å². The highest BCUT2D eigenvalue weighted by atomic mass is 35.5. The summed E-state index contributed by atoms with van der Waals surface area (Å²) in [7, 11) is 0. The molecule has 0 spiro atoms. The fourth-order valence-electron chi connectivity index (χ4n) is 2.89. The molecule has 4 nitrogen and oxygen atoms in total. The van der Waals surface area contributed by atoms with Gasteiger partial charge >= 0.3 is 0 Å². The third-order valence-electron chi connectivity index (χ3n) is 4.24. The van der Waals surface area contributed by atoms with Crippen LogP contribution in [0.5, 0.6) is 0 Å². The number of aromatic nitrogens is 1. The quantitative estimate of drug-likeness (QED) is 0.629. The Labute approximate surface area is 162 Å². The molecule has 132 valence electrons. The van der Waals surface area contributed by atoms with E-state index >= 15 is 0 Å². The molecule has 1 aliphatic heterocycles. The van der Waals surface area contributed by atoms with E-state index in [-0.39, 0.29) is 5.91 Å². The molecule has 2 aromatic carbocycles. The molecule has 0 aliphatic carbocycles. The monoisotopic (exact) mass is 373 g/mol. The summed E-state index contributed by atoms with van der Waals surface area (Å²) >= 11 is 5.95. The lowest BCUT2D eigenvalue weighted by Crippen LogP contribution is -2.32. The number of amides is 1. The first-order valence-corrected chi connectivity index (χ1v) is 8.91. The number of benzene rings is 2. The molecule has 0 unspecified atom stereocenters. The first-order valence-electron chi connectivity index (χ1n) is 8.53. The zero-order valence-electron chi connectivity index (χ0n) is 14.4. The van der Waals surface area contributed by atoms with Crippen LogP contribution in [0.15, 0.2) is 89.8 Å². The van der Waals surface area contributed by atoms with Crippen molar-refractivity contribution in [1.82, 2.24) is 9.88 Å². The minimum Gasteiger partial charge on any atom is -0.286 e. The number of pyridine rings is 1. The van der Waals surface area contributed by atoms with Crippen LogP contribution in [-0.4, -0.2) is 21.6 Å². The summed E-state index contributed by atoms with van der Waals surface area (Å²) < 4.78 is 0. The fraction of sp³-hybridized carbons (Fsp3) is 0.0455. The molecule has 4 rings (SSSR count). The Kier molecular flexibility index (Phi) is 4.81. The van der Waals surface area contributed by atoms with E-state index in [1.54, 1.807) is 35.5 Å². The predicted octanol–water partition coefficient (Wildman–Crippen LogP) is 4.57. The second kappa shape index (κ2) is 7.56. The van der Waals surface area contributed by atoms with Crippen LogP contribution in [-0.2, 0) is 11.3 Å². The molecule has 0 saturated carbocycles. The van der Waals surface area contributed by atoms with Gasteiger partial charge in [0.05, 0.1) is 6.54 Å². The molecular weight excluding hydrogens is 358 g/mol. The van der Waals surface area contributed by atoms with Crippen LogP contribution in [0, 0.1) is 0 Å². The number of rotatable bonds is 4. The number of hydrogen-bond acceptors (Lipinski definition) is 3. The molecule has 0 saturated heterocycles. The molecule has 2 heterocycles. The van der Waals surface area contributed by atoms with Crippen molar-refractivity contribution in [2.75, 3.05) is 0 Å². The number of amidine groups is 1. The first-order chi connectivity index (χ1) is 13.2. The van der Waals surface area contributed by atoms with Gasteiger partial charge in [-0.1, -0.05) is 54.1 Å².